The summed E-state index contributed by atoms with van der Waals surface area (Å²) < 4.78 is 0. The van der Waals surface area contributed by atoms with E-state index in [-0.39, 0.29) is 0 Å². The summed E-state index contributed by atoms with van der Waals surface area (Å²) in [6.45, 7) is 0. The zero-order chi connectivity index (χ0) is 32.4. The molecule has 0 N–H and O–H groups in total. The Morgan fingerprint density at radius 2 is 0.816 bits per heavy atom. The monoisotopic (exact) mass is 620 g/mol. The molecule has 0 saturated heterocycles. The molecule has 0 atom stereocenters. The van der Waals surface area contributed by atoms with Crippen LogP contribution in [0.5, 0.6) is 0 Å². The molecule has 228 valence electrons. The molecule has 0 unspecified atom stereocenters. The average Bonchev–Trinajstić information content (AvgIpc) is 3.48. The van der Waals surface area contributed by atoms with Gasteiger partial charge < -0.3 is 0 Å². The summed E-state index contributed by atoms with van der Waals surface area (Å²) in [4.78, 5) is 0. The maximum atomic E-state index is 2.46. The van der Waals surface area contributed by atoms with Crippen molar-refractivity contribution in [3.05, 3.63) is 216 Å². The Kier molecular flexibility index (Phi) is 6.19. The maximum Gasteiger partial charge on any atom is 0.0713 e. The summed E-state index contributed by atoms with van der Waals surface area (Å²) in [6.07, 6.45) is 0. The van der Waals surface area contributed by atoms with E-state index in [1.54, 1.807) is 0 Å². The van der Waals surface area contributed by atoms with Crippen LogP contribution in [0, 0.1) is 0 Å². The quantitative estimate of drug-likeness (QED) is 0.172. The molecule has 0 heteroatoms. The molecule has 10 rings (SSSR count). The lowest BCUT2D eigenvalue weighted by Gasteiger charge is -2.34. The van der Waals surface area contributed by atoms with Gasteiger partial charge in [-0.15, -0.1) is 0 Å². The minimum atomic E-state index is -0.411. The molecule has 1 aliphatic rings. The van der Waals surface area contributed by atoms with Crippen molar-refractivity contribution in [1.82, 2.24) is 0 Å². The van der Waals surface area contributed by atoms with Gasteiger partial charge in [-0.05, 0) is 112 Å². The first kappa shape index (κ1) is 27.8. The summed E-state index contributed by atoms with van der Waals surface area (Å²) in [6, 6.07) is 71.9. The van der Waals surface area contributed by atoms with Gasteiger partial charge >= 0.3 is 0 Å². The first-order chi connectivity index (χ1) is 24.3. The Morgan fingerprint density at radius 3 is 1.59 bits per heavy atom. The normalized spacial score (nSPS) is 13.1. The van der Waals surface area contributed by atoms with E-state index < -0.39 is 5.41 Å². The van der Waals surface area contributed by atoms with E-state index in [9.17, 15) is 0 Å². The maximum absolute atomic E-state index is 2.46. The third-order valence-corrected chi connectivity index (χ3v) is 10.7. The van der Waals surface area contributed by atoms with Crippen LogP contribution in [-0.2, 0) is 5.41 Å². The van der Waals surface area contributed by atoms with Crippen LogP contribution in [0.1, 0.15) is 22.3 Å². The van der Waals surface area contributed by atoms with Crippen LogP contribution in [0.3, 0.4) is 0 Å². The molecule has 0 bridgehead atoms. The predicted octanol–water partition coefficient (Wildman–Crippen LogP) is 12.8. The second-order valence-electron chi connectivity index (χ2n) is 13.3. The van der Waals surface area contributed by atoms with Crippen molar-refractivity contribution < 1.29 is 0 Å². The molecule has 0 nitrogen and oxygen atoms in total. The average molecular weight is 621 g/mol. The smallest absolute Gasteiger partial charge is 0.0622 e. The molecule has 0 spiro atoms. The Labute approximate surface area is 286 Å². The minimum Gasteiger partial charge on any atom is -0.0622 e. The molecule has 49 heavy (non-hydrogen) atoms. The molecule has 9 aromatic carbocycles. The molecule has 0 amide bonds. The van der Waals surface area contributed by atoms with Crippen molar-refractivity contribution >= 4 is 32.3 Å². The van der Waals surface area contributed by atoms with Gasteiger partial charge in [0.2, 0.25) is 0 Å². The standard InChI is InChI=1S/C49H32/c1-3-14-39(15-4-1)49(40-16-5-2-6-17-40)47-22-12-11-21-44(47)45-28-27-35(32-48(45)49)34-25-23-33-24-26-37(30-38(33)29-34)46-31-36-13-7-8-18-41(36)42-19-9-10-20-43(42)46/h1-32H. The van der Waals surface area contributed by atoms with Crippen LogP contribution in [-0.4, -0.2) is 0 Å². The highest BCUT2D eigenvalue weighted by Crippen LogP contribution is 2.56. The van der Waals surface area contributed by atoms with Crippen LogP contribution in [0.4, 0.5) is 0 Å². The third-order valence-electron chi connectivity index (χ3n) is 10.7. The molecule has 0 radical (unpaired) electrons. The van der Waals surface area contributed by atoms with E-state index in [0.29, 0.717) is 0 Å². The Hall–Kier alpha value is -6.24. The fourth-order valence-corrected chi connectivity index (χ4v) is 8.51. The van der Waals surface area contributed by atoms with Crippen LogP contribution in [0.25, 0.3) is 65.7 Å². The Morgan fingerprint density at radius 1 is 0.265 bits per heavy atom. The summed E-state index contributed by atoms with van der Waals surface area (Å²) in [5.41, 5.74) is 12.4. The highest BCUT2D eigenvalue weighted by atomic mass is 14.5. The van der Waals surface area contributed by atoms with Gasteiger partial charge in [0, 0.05) is 0 Å². The van der Waals surface area contributed by atoms with Crippen molar-refractivity contribution in [2.45, 2.75) is 5.41 Å². The van der Waals surface area contributed by atoms with E-state index in [0.717, 1.165) is 0 Å². The number of rotatable bonds is 4. The van der Waals surface area contributed by atoms with E-state index in [1.165, 1.54) is 88.0 Å². The number of fused-ring (bicyclic) bond motifs is 7. The summed E-state index contributed by atoms with van der Waals surface area (Å²) in [7, 11) is 0. The van der Waals surface area contributed by atoms with E-state index >= 15 is 0 Å². The zero-order valence-corrected chi connectivity index (χ0v) is 27.0. The lowest BCUT2D eigenvalue weighted by molar-refractivity contribution is 0.769. The molecule has 9 aromatic rings. The molecule has 0 fully saturated rings. The number of hydrogen-bond donors (Lipinski definition) is 0. The molecule has 0 saturated carbocycles. The van der Waals surface area contributed by atoms with Gasteiger partial charge in [-0.3, -0.25) is 0 Å². The summed E-state index contributed by atoms with van der Waals surface area (Å²) >= 11 is 0. The summed E-state index contributed by atoms with van der Waals surface area (Å²) in [5.74, 6) is 0. The van der Waals surface area contributed by atoms with Crippen molar-refractivity contribution in [1.29, 1.82) is 0 Å². The number of benzene rings is 9. The molecule has 1 aliphatic carbocycles. The van der Waals surface area contributed by atoms with Crippen molar-refractivity contribution in [2.24, 2.45) is 0 Å². The highest BCUT2D eigenvalue weighted by Gasteiger charge is 2.46. The molecular weight excluding hydrogens is 589 g/mol. The second kappa shape index (κ2) is 10.9. The van der Waals surface area contributed by atoms with E-state index in [4.69, 9.17) is 0 Å². The predicted molar refractivity (Wildman–Crippen MR) is 207 cm³/mol. The topological polar surface area (TPSA) is 0 Å². The van der Waals surface area contributed by atoms with Crippen LogP contribution in [0.2, 0.25) is 0 Å². The molecule has 0 heterocycles. The van der Waals surface area contributed by atoms with Gasteiger partial charge in [0.05, 0.1) is 5.41 Å². The van der Waals surface area contributed by atoms with E-state index in [2.05, 4.69) is 194 Å². The van der Waals surface area contributed by atoms with Gasteiger partial charge in [0.1, 0.15) is 0 Å². The van der Waals surface area contributed by atoms with Gasteiger partial charge in [0.25, 0.3) is 0 Å². The lowest BCUT2D eigenvalue weighted by atomic mass is 9.67. The number of hydrogen-bond acceptors (Lipinski definition) is 0. The molecule has 0 aromatic heterocycles. The van der Waals surface area contributed by atoms with Crippen molar-refractivity contribution in [3.8, 4) is 33.4 Å². The first-order valence-electron chi connectivity index (χ1n) is 17.1. The Bertz CT molecular complexity index is 2660. The van der Waals surface area contributed by atoms with Crippen LogP contribution in [0.15, 0.2) is 194 Å². The van der Waals surface area contributed by atoms with E-state index in [1.807, 2.05) is 0 Å². The van der Waals surface area contributed by atoms with Crippen molar-refractivity contribution in [2.75, 3.05) is 0 Å². The molecule has 0 aliphatic heterocycles. The van der Waals surface area contributed by atoms with Crippen molar-refractivity contribution in [3.63, 3.8) is 0 Å². The Balaban J connectivity index is 1.17. The summed E-state index contributed by atoms with van der Waals surface area (Å²) in [5, 5.41) is 7.63. The van der Waals surface area contributed by atoms with Crippen LogP contribution < -0.4 is 0 Å². The largest absolute Gasteiger partial charge is 0.0713 e. The van der Waals surface area contributed by atoms with Gasteiger partial charge in [-0.25, -0.2) is 0 Å². The fourth-order valence-electron chi connectivity index (χ4n) is 8.51. The molecular formula is C49H32. The SMILES string of the molecule is c1ccc(C2(c3ccccc3)c3ccccc3-c3ccc(-c4ccc5ccc(-c6cc7ccccc7c7ccccc67)cc5c4)cc32)cc1. The van der Waals surface area contributed by atoms with Gasteiger partial charge in [-0.2, -0.15) is 0 Å². The van der Waals surface area contributed by atoms with Gasteiger partial charge in [-0.1, -0.05) is 170 Å². The van der Waals surface area contributed by atoms with Crippen LogP contribution >= 0.6 is 0 Å². The fraction of sp³-hybridized carbons (Fsp3) is 0.0204. The van der Waals surface area contributed by atoms with Gasteiger partial charge in [0.15, 0.2) is 0 Å². The highest BCUT2D eigenvalue weighted by molar-refractivity contribution is 6.14. The first-order valence-corrected chi connectivity index (χ1v) is 17.1. The zero-order valence-electron chi connectivity index (χ0n) is 27.0. The lowest BCUT2D eigenvalue weighted by Crippen LogP contribution is -2.28. The minimum absolute atomic E-state index is 0.411. The second-order valence-corrected chi connectivity index (χ2v) is 13.3. The third kappa shape index (κ3) is 4.17.